The van der Waals surface area contributed by atoms with Gasteiger partial charge in [-0.05, 0) is 68.2 Å². The predicted molar refractivity (Wildman–Crippen MR) is 95.2 cm³/mol. The summed E-state index contributed by atoms with van der Waals surface area (Å²) in [6.07, 6.45) is 19.2. The molecule has 1 saturated heterocycles. The molecule has 0 atom stereocenters. The van der Waals surface area contributed by atoms with Crippen molar-refractivity contribution in [2.45, 2.75) is 83.5 Å². The van der Waals surface area contributed by atoms with Gasteiger partial charge in [0.1, 0.15) is 0 Å². The fraction of sp³-hybridized carbons (Fsp3) is 1.00. The van der Waals surface area contributed by atoms with Crippen LogP contribution in [0.5, 0.6) is 0 Å². The van der Waals surface area contributed by atoms with Gasteiger partial charge in [0.25, 0.3) is 0 Å². The van der Waals surface area contributed by atoms with Crippen LogP contribution in [0.4, 0.5) is 0 Å². The summed E-state index contributed by atoms with van der Waals surface area (Å²) in [6, 6.07) is 0. The first-order valence-corrected chi connectivity index (χ1v) is 10.2. The maximum atomic E-state index is 4.77. The predicted octanol–water partition coefficient (Wildman–Crippen LogP) is 5.30. The second kappa shape index (κ2) is 7.25. The molecule has 0 N–H and O–H groups in total. The zero-order chi connectivity index (χ0) is 14.6. The maximum absolute atomic E-state index is 4.77. The molecule has 1 nitrogen and oxygen atoms in total. The van der Waals surface area contributed by atoms with Gasteiger partial charge in [0.15, 0.2) is 0 Å². The Kier molecular flexibility index (Phi) is 5.59. The number of hydrogen-bond donors (Lipinski definition) is 1. The molecule has 122 valence electrons. The van der Waals surface area contributed by atoms with Crippen LogP contribution in [0.2, 0.25) is 0 Å². The number of rotatable bonds is 3. The van der Waals surface area contributed by atoms with Crippen LogP contribution in [0.3, 0.4) is 0 Å². The molecule has 2 aliphatic carbocycles. The molecule has 0 amide bonds. The first-order valence-electron chi connectivity index (χ1n) is 9.59. The van der Waals surface area contributed by atoms with Crippen LogP contribution >= 0.6 is 12.6 Å². The van der Waals surface area contributed by atoms with Gasteiger partial charge >= 0.3 is 0 Å². The molecular weight excluding hydrogens is 274 g/mol. The van der Waals surface area contributed by atoms with Gasteiger partial charge in [-0.2, -0.15) is 12.6 Å². The highest BCUT2D eigenvalue weighted by atomic mass is 32.1. The van der Waals surface area contributed by atoms with E-state index in [9.17, 15) is 0 Å². The molecule has 3 rings (SSSR count). The van der Waals surface area contributed by atoms with Crippen LogP contribution in [0.1, 0.15) is 83.5 Å². The molecule has 1 aliphatic heterocycles. The number of nitrogens with zero attached hydrogens (tertiary/aromatic N) is 1. The molecule has 0 aromatic heterocycles. The summed E-state index contributed by atoms with van der Waals surface area (Å²) < 4.78 is 0. The minimum Gasteiger partial charge on any atom is -0.303 e. The summed E-state index contributed by atoms with van der Waals surface area (Å²) in [5.74, 6) is 1.11. The lowest BCUT2D eigenvalue weighted by molar-refractivity contribution is 0.0428. The number of thiol groups is 1. The highest BCUT2D eigenvalue weighted by Crippen LogP contribution is 2.45. The summed E-state index contributed by atoms with van der Waals surface area (Å²) in [7, 11) is 0. The summed E-state index contributed by atoms with van der Waals surface area (Å²) in [5.41, 5.74) is 1.29. The maximum Gasteiger partial charge on any atom is 0.00458 e. The monoisotopic (exact) mass is 309 g/mol. The van der Waals surface area contributed by atoms with E-state index in [0.29, 0.717) is 5.41 Å². The first kappa shape index (κ1) is 16.2. The Labute approximate surface area is 137 Å². The molecular formula is C19H35NS. The van der Waals surface area contributed by atoms with E-state index in [4.69, 9.17) is 12.6 Å². The normalized spacial score (nSPS) is 30.1. The topological polar surface area (TPSA) is 3.24 Å². The van der Waals surface area contributed by atoms with E-state index in [1.807, 2.05) is 0 Å². The molecule has 0 aromatic carbocycles. The Balaban J connectivity index is 1.53. The highest BCUT2D eigenvalue weighted by molar-refractivity contribution is 7.80. The fourth-order valence-electron chi connectivity index (χ4n) is 5.31. The molecule has 1 heterocycles. The van der Waals surface area contributed by atoms with Crippen molar-refractivity contribution in [1.29, 1.82) is 0 Å². The van der Waals surface area contributed by atoms with Crippen LogP contribution in [0, 0.1) is 10.8 Å². The van der Waals surface area contributed by atoms with Crippen molar-refractivity contribution in [2.24, 2.45) is 10.8 Å². The van der Waals surface area contributed by atoms with Crippen molar-refractivity contribution in [3.63, 3.8) is 0 Å². The van der Waals surface area contributed by atoms with Crippen molar-refractivity contribution in [2.75, 3.05) is 25.4 Å². The largest absolute Gasteiger partial charge is 0.303 e. The van der Waals surface area contributed by atoms with E-state index in [1.54, 1.807) is 0 Å². The fourth-order valence-corrected chi connectivity index (χ4v) is 5.72. The van der Waals surface area contributed by atoms with Gasteiger partial charge in [-0.25, -0.2) is 0 Å². The van der Waals surface area contributed by atoms with Gasteiger partial charge in [-0.3, -0.25) is 0 Å². The van der Waals surface area contributed by atoms with E-state index >= 15 is 0 Å². The molecule has 0 unspecified atom stereocenters. The SMILES string of the molecule is SCC1(CN2CCC3(CCCCC3)CC2)CCCCCC1. The molecule has 21 heavy (non-hydrogen) atoms. The van der Waals surface area contributed by atoms with E-state index in [2.05, 4.69) is 4.90 Å². The zero-order valence-corrected chi connectivity index (χ0v) is 14.8. The van der Waals surface area contributed by atoms with Gasteiger partial charge in [0, 0.05) is 6.54 Å². The van der Waals surface area contributed by atoms with Gasteiger partial charge < -0.3 is 4.90 Å². The Morgan fingerprint density at radius 3 is 1.76 bits per heavy atom. The third-order valence-electron chi connectivity index (χ3n) is 6.89. The number of hydrogen-bond acceptors (Lipinski definition) is 2. The Morgan fingerprint density at radius 2 is 1.19 bits per heavy atom. The van der Waals surface area contributed by atoms with Crippen molar-refractivity contribution in [3.05, 3.63) is 0 Å². The summed E-state index contributed by atoms with van der Waals surface area (Å²) >= 11 is 4.77. The average Bonchev–Trinajstić information content (AvgIpc) is 2.77. The Morgan fingerprint density at radius 1 is 0.667 bits per heavy atom. The Bertz CT molecular complexity index is 304. The smallest absolute Gasteiger partial charge is 0.00458 e. The van der Waals surface area contributed by atoms with Crippen molar-refractivity contribution in [1.82, 2.24) is 4.90 Å². The summed E-state index contributed by atoms with van der Waals surface area (Å²) in [4.78, 5) is 2.81. The third-order valence-corrected chi connectivity index (χ3v) is 7.56. The minimum atomic E-state index is 0.538. The van der Waals surface area contributed by atoms with Crippen molar-refractivity contribution < 1.29 is 0 Å². The average molecular weight is 310 g/mol. The van der Waals surface area contributed by atoms with Crippen LogP contribution < -0.4 is 0 Å². The minimum absolute atomic E-state index is 0.538. The van der Waals surface area contributed by atoms with E-state index < -0.39 is 0 Å². The second-order valence-corrected chi connectivity index (χ2v) is 8.73. The Hall–Kier alpha value is 0.310. The van der Waals surface area contributed by atoms with Gasteiger partial charge in [0.05, 0.1) is 0 Å². The molecule has 0 bridgehead atoms. The highest BCUT2D eigenvalue weighted by Gasteiger charge is 2.38. The summed E-state index contributed by atoms with van der Waals surface area (Å²) in [5, 5.41) is 0. The second-order valence-electron chi connectivity index (χ2n) is 8.41. The van der Waals surface area contributed by atoms with Crippen molar-refractivity contribution >= 4 is 12.6 Å². The number of likely N-dealkylation sites (tertiary alicyclic amines) is 1. The molecule has 2 heteroatoms. The van der Waals surface area contributed by atoms with Gasteiger partial charge in [-0.1, -0.05) is 44.9 Å². The summed E-state index contributed by atoms with van der Waals surface area (Å²) in [6.45, 7) is 4.08. The van der Waals surface area contributed by atoms with E-state index in [1.165, 1.54) is 103 Å². The van der Waals surface area contributed by atoms with Crippen molar-refractivity contribution in [3.8, 4) is 0 Å². The molecule has 2 saturated carbocycles. The molecule has 0 aromatic rings. The standard InChI is InChI=1S/C19H35NS/c21-17-19(10-4-1-2-5-11-19)16-20-14-12-18(13-15-20)8-6-3-7-9-18/h21H,1-17H2. The lowest BCUT2D eigenvalue weighted by Gasteiger charge is -2.47. The lowest BCUT2D eigenvalue weighted by atomic mass is 9.68. The molecule has 0 radical (unpaired) electrons. The lowest BCUT2D eigenvalue weighted by Crippen LogP contribution is -2.46. The zero-order valence-electron chi connectivity index (χ0n) is 13.9. The number of piperidine rings is 1. The van der Waals surface area contributed by atoms with Crippen LogP contribution in [-0.4, -0.2) is 30.3 Å². The van der Waals surface area contributed by atoms with Crippen LogP contribution in [-0.2, 0) is 0 Å². The van der Waals surface area contributed by atoms with E-state index in [-0.39, 0.29) is 0 Å². The quantitative estimate of drug-likeness (QED) is 0.546. The van der Waals surface area contributed by atoms with Crippen LogP contribution in [0.25, 0.3) is 0 Å². The van der Waals surface area contributed by atoms with E-state index in [0.717, 1.165) is 11.2 Å². The molecule has 3 aliphatic rings. The first-order chi connectivity index (χ1) is 10.3. The van der Waals surface area contributed by atoms with Gasteiger partial charge in [-0.15, -0.1) is 0 Å². The van der Waals surface area contributed by atoms with Gasteiger partial charge in [0.2, 0.25) is 0 Å². The molecule has 3 fully saturated rings. The van der Waals surface area contributed by atoms with Crippen LogP contribution in [0.15, 0.2) is 0 Å². The molecule has 1 spiro atoms. The third kappa shape index (κ3) is 3.99.